The van der Waals surface area contributed by atoms with Crippen LogP contribution in [0.2, 0.25) is 0 Å². The second-order valence-corrected chi connectivity index (χ2v) is 7.39. The summed E-state index contributed by atoms with van der Waals surface area (Å²) in [4.78, 5) is 40.2. The van der Waals surface area contributed by atoms with Crippen LogP contribution in [-0.2, 0) is 19.1 Å². The van der Waals surface area contributed by atoms with E-state index in [1.807, 2.05) is 6.26 Å². The molecule has 1 aliphatic rings. The summed E-state index contributed by atoms with van der Waals surface area (Å²) in [5.41, 5.74) is 0.883. The van der Waals surface area contributed by atoms with E-state index in [-0.39, 0.29) is 24.5 Å². The fourth-order valence-corrected chi connectivity index (χ4v) is 3.73. The first-order valence-electron chi connectivity index (χ1n) is 8.57. The zero-order valence-corrected chi connectivity index (χ0v) is 18.0. The molecule has 1 N–H and O–H groups in total. The standard InChI is InChI=1S/C18H21N3O6S2/c1-5-26-17(23)15-13(9-27-10(2)22)19-18(29-4)20-16(15)12-8-11(21(24)25)6-7-14(12)28-3/h6-8,16H,5,9H2,1-4H3,(H,19,20). The second kappa shape index (κ2) is 10.3. The number of amidine groups is 1. The topological polar surface area (TPSA) is 120 Å². The van der Waals surface area contributed by atoms with Gasteiger partial charge < -0.3 is 14.8 Å². The number of hydrogen-bond donors (Lipinski definition) is 1. The Kier molecular flexibility index (Phi) is 8.09. The first kappa shape index (κ1) is 22.8. The fourth-order valence-electron chi connectivity index (χ4n) is 2.68. The lowest BCUT2D eigenvalue weighted by molar-refractivity contribution is -0.385. The van der Waals surface area contributed by atoms with Crippen LogP contribution in [0.4, 0.5) is 5.69 Å². The van der Waals surface area contributed by atoms with Crippen molar-refractivity contribution < 1.29 is 24.0 Å². The zero-order chi connectivity index (χ0) is 21.6. The summed E-state index contributed by atoms with van der Waals surface area (Å²) < 4.78 is 10.3. The summed E-state index contributed by atoms with van der Waals surface area (Å²) in [6.07, 6.45) is 3.63. The van der Waals surface area contributed by atoms with Gasteiger partial charge in [-0.05, 0) is 25.5 Å². The van der Waals surface area contributed by atoms with Crippen molar-refractivity contribution >= 4 is 46.3 Å². The van der Waals surface area contributed by atoms with Crippen LogP contribution in [0.25, 0.3) is 0 Å². The molecule has 1 atom stereocenters. The van der Waals surface area contributed by atoms with Gasteiger partial charge in [-0.3, -0.25) is 14.9 Å². The molecule has 0 aromatic heterocycles. The molecule has 29 heavy (non-hydrogen) atoms. The van der Waals surface area contributed by atoms with Crippen LogP contribution >= 0.6 is 23.5 Å². The monoisotopic (exact) mass is 439 g/mol. The first-order chi connectivity index (χ1) is 13.8. The molecule has 0 fully saturated rings. The van der Waals surface area contributed by atoms with Crippen molar-refractivity contribution in [3.05, 3.63) is 45.1 Å². The van der Waals surface area contributed by atoms with Crippen LogP contribution in [-0.4, -0.2) is 47.8 Å². The first-order valence-corrected chi connectivity index (χ1v) is 11.0. The van der Waals surface area contributed by atoms with Crippen molar-refractivity contribution in [2.75, 3.05) is 25.7 Å². The molecule has 1 aliphatic heterocycles. The fraction of sp³-hybridized carbons (Fsp3) is 0.389. The highest BCUT2D eigenvalue weighted by molar-refractivity contribution is 8.13. The summed E-state index contributed by atoms with van der Waals surface area (Å²) in [5.74, 6) is -1.14. The van der Waals surface area contributed by atoms with Gasteiger partial charge in [-0.1, -0.05) is 11.8 Å². The predicted molar refractivity (Wildman–Crippen MR) is 112 cm³/mol. The predicted octanol–water partition coefficient (Wildman–Crippen LogP) is 3.06. The number of ether oxygens (including phenoxy) is 2. The van der Waals surface area contributed by atoms with E-state index in [9.17, 15) is 19.7 Å². The maximum atomic E-state index is 12.8. The molecule has 2 rings (SSSR count). The Hall–Kier alpha value is -2.53. The number of nitro benzene ring substituents is 1. The third kappa shape index (κ3) is 5.51. The number of non-ortho nitro benzene ring substituents is 1. The van der Waals surface area contributed by atoms with Crippen molar-refractivity contribution in [2.45, 2.75) is 24.8 Å². The van der Waals surface area contributed by atoms with E-state index in [1.165, 1.54) is 42.6 Å². The molecule has 0 saturated heterocycles. The lowest BCUT2D eigenvalue weighted by Gasteiger charge is -2.27. The summed E-state index contributed by atoms with van der Waals surface area (Å²) >= 11 is 2.69. The Balaban J connectivity index is 2.68. The van der Waals surface area contributed by atoms with Crippen LogP contribution in [0.3, 0.4) is 0 Å². The van der Waals surface area contributed by atoms with E-state index in [1.54, 1.807) is 19.2 Å². The van der Waals surface area contributed by atoms with Crippen molar-refractivity contribution in [3.63, 3.8) is 0 Å². The van der Waals surface area contributed by atoms with E-state index in [0.29, 0.717) is 16.4 Å². The van der Waals surface area contributed by atoms with E-state index in [2.05, 4.69) is 10.3 Å². The Morgan fingerprint density at radius 2 is 2.00 bits per heavy atom. The molecule has 0 bridgehead atoms. The minimum absolute atomic E-state index is 0.109. The molecular weight excluding hydrogens is 418 g/mol. The molecule has 11 heteroatoms. The highest BCUT2D eigenvalue weighted by Crippen LogP contribution is 2.39. The lowest BCUT2D eigenvalue weighted by Crippen LogP contribution is -2.34. The minimum atomic E-state index is -0.842. The Morgan fingerprint density at radius 1 is 1.28 bits per heavy atom. The van der Waals surface area contributed by atoms with Crippen molar-refractivity contribution in [2.24, 2.45) is 4.99 Å². The average molecular weight is 440 g/mol. The number of nitrogens with one attached hydrogen (secondary N) is 1. The zero-order valence-electron chi connectivity index (χ0n) is 16.4. The van der Waals surface area contributed by atoms with Crippen molar-refractivity contribution in [1.82, 2.24) is 5.32 Å². The van der Waals surface area contributed by atoms with Gasteiger partial charge in [0.2, 0.25) is 0 Å². The maximum absolute atomic E-state index is 12.8. The molecule has 0 saturated carbocycles. The van der Waals surface area contributed by atoms with Crippen LogP contribution in [0.15, 0.2) is 39.4 Å². The molecule has 9 nitrogen and oxygen atoms in total. The largest absolute Gasteiger partial charge is 0.463 e. The number of carbonyl (C=O) groups is 2. The Morgan fingerprint density at radius 3 is 2.55 bits per heavy atom. The summed E-state index contributed by atoms with van der Waals surface area (Å²) in [6, 6.07) is 3.60. The highest BCUT2D eigenvalue weighted by Gasteiger charge is 2.34. The van der Waals surface area contributed by atoms with Crippen LogP contribution < -0.4 is 5.32 Å². The van der Waals surface area contributed by atoms with Crippen LogP contribution in [0.5, 0.6) is 0 Å². The summed E-state index contributed by atoms with van der Waals surface area (Å²) in [6.45, 7) is 2.90. The number of thioether (sulfide) groups is 2. The van der Waals surface area contributed by atoms with Gasteiger partial charge in [0.15, 0.2) is 5.17 Å². The highest BCUT2D eigenvalue weighted by atomic mass is 32.2. The quantitative estimate of drug-likeness (QED) is 0.296. The number of nitrogens with zero attached hydrogens (tertiary/aromatic N) is 2. The SMILES string of the molecule is CCOC(=O)C1=C(COC(C)=O)NC(SC)=NC1c1cc([N+](=O)[O-])ccc1SC. The van der Waals surface area contributed by atoms with Crippen molar-refractivity contribution in [1.29, 1.82) is 0 Å². The molecule has 1 aromatic carbocycles. The third-order valence-electron chi connectivity index (χ3n) is 3.93. The molecule has 156 valence electrons. The average Bonchev–Trinajstić information content (AvgIpc) is 2.70. The second-order valence-electron chi connectivity index (χ2n) is 5.74. The molecule has 1 unspecified atom stereocenters. The molecule has 0 amide bonds. The van der Waals surface area contributed by atoms with Gasteiger partial charge in [0.1, 0.15) is 12.6 Å². The number of nitro groups is 1. The molecule has 0 aliphatic carbocycles. The summed E-state index contributed by atoms with van der Waals surface area (Å²) in [7, 11) is 0. The smallest absolute Gasteiger partial charge is 0.338 e. The molecule has 1 aromatic rings. The minimum Gasteiger partial charge on any atom is -0.463 e. The third-order valence-corrected chi connectivity index (χ3v) is 5.34. The number of rotatable bonds is 7. The Labute approximate surface area is 176 Å². The maximum Gasteiger partial charge on any atom is 0.338 e. The lowest BCUT2D eigenvalue weighted by atomic mass is 9.95. The van der Waals surface area contributed by atoms with Crippen LogP contribution in [0, 0.1) is 10.1 Å². The number of carbonyl (C=O) groups excluding carboxylic acids is 2. The van der Waals surface area contributed by atoms with Gasteiger partial charge in [0, 0.05) is 29.5 Å². The van der Waals surface area contributed by atoms with Gasteiger partial charge in [-0.2, -0.15) is 0 Å². The van der Waals surface area contributed by atoms with Gasteiger partial charge in [-0.15, -0.1) is 11.8 Å². The van der Waals surface area contributed by atoms with Gasteiger partial charge in [0.25, 0.3) is 5.69 Å². The van der Waals surface area contributed by atoms with E-state index >= 15 is 0 Å². The number of hydrogen-bond acceptors (Lipinski definition) is 10. The normalized spacial score (nSPS) is 16.0. The van der Waals surface area contributed by atoms with E-state index < -0.39 is 22.9 Å². The number of benzene rings is 1. The summed E-state index contributed by atoms with van der Waals surface area (Å²) in [5, 5.41) is 14.8. The molecule has 0 spiro atoms. The van der Waals surface area contributed by atoms with Crippen molar-refractivity contribution in [3.8, 4) is 0 Å². The Bertz CT molecular complexity index is 884. The number of aliphatic imine (C=N–C) groups is 1. The molecule has 1 heterocycles. The molecule has 0 radical (unpaired) electrons. The molecular formula is C18H21N3O6S2. The van der Waals surface area contributed by atoms with Gasteiger partial charge in [0.05, 0.1) is 22.8 Å². The van der Waals surface area contributed by atoms with E-state index in [4.69, 9.17) is 9.47 Å². The van der Waals surface area contributed by atoms with Gasteiger partial charge >= 0.3 is 11.9 Å². The van der Waals surface area contributed by atoms with Crippen LogP contribution in [0.1, 0.15) is 25.5 Å². The number of esters is 2. The van der Waals surface area contributed by atoms with Gasteiger partial charge in [-0.25, -0.2) is 9.79 Å². The van der Waals surface area contributed by atoms with E-state index in [0.717, 1.165) is 4.90 Å².